The molecule has 1 aromatic heterocycles. The average Bonchev–Trinajstić information content (AvgIpc) is 2.29. The second-order valence-corrected chi connectivity index (χ2v) is 4.13. The number of pyridine rings is 1. The van der Waals surface area contributed by atoms with Crippen LogP contribution in [0.15, 0.2) is 36.4 Å². The van der Waals surface area contributed by atoms with Crippen LogP contribution in [0, 0.1) is 13.8 Å². The summed E-state index contributed by atoms with van der Waals surface area (Å²) in [7, 11) is 0. The molecule has 0 fully saturated rings. The first-order valence-electron chi connectivity index (χ1n) is 5.75. The third kappa shape index (κ3) is 1.99. The Hall–Kier alpha value is -1.63. The molecule has 0 saturated carbocycles. The average molecular weight is 211 g/mol. The van der Waals surface area contributed by atoms with Crippen LogP contribution in [0.4, 0.5) is 0 Å². The minimum absolute atomic E-state index is 1.02. The second kappa shape index (κ2) is 4.48. The van der Waals surface area contributed by atoms with Crippen molar-refractivity contribution in [3.8, 4) is 11.3 Å². The smallest absolute Gasteiger partial charge is 0.0739 e. The number of aromatic nitrogens is 1. The first-order valence-corrected chi connectivity index (χ1v) is 5.75. The Balaban J connectivity index is 2.63. The van der Waals surface area contributed by atoms with Gasteiger partial charge in [-0.15, -0.1) is 0 Å². The van der Waals surface area contributed by atoms with Gasteiger partial charge in [0.05, 0.1) is 5.69 Å². The van der Waals surface area contributed by atoms with Crippen molar-refractivity contribution in [3.63, 3.8) is 0 Å². The second-order valence-electron chi connectivity index (χ2n) is 4.13. The van der Waals surface area contributed by atoms with E-state index in [9.17, 15) is 0 Å². The summed E-state index contributed by atoms with van der Waals surface area (Å²) in [5, 5.41) is 0. The zero-order chi connectivity index (χ0) is 11.5. The van der Waals surface area contributed by atoms with Gasteiger partial charge in [-0.25, -0.2) is 0 Å². The van der Waals surface area contributed by atoms with Crippen molar-refractivity contribution in [1.29, 1.82) is 0 Å². The maximum Gasteiger partial charge on any atom is 0.0739 e. The Morgan fingerprint density at radius 3 is 2.44 bits per heavy atom. The lowest BCUT2D eigenvalue weighted by Gasteiger charge is -2.10. The Kier molecular flexibility index (Phi) is 3.04. The fraction of sp³-hybridized carbons (Fsp3) is 0.267. The van der Waals surface area contributed by atoms with Crippen LogP contribution in [-0.4, -0.2) is 4.98 Å². The van der Waals surface area contributed by atoms with E-state index < -0.39 is 0 Å². The number of aryl methyl sites for hydroxylation is 3. The van der Waals surface area contributed by atoms with Crippen molar-refractivity contribution in [3.05, 3.63) is 53.2 Å². The number of benzene rings is 1. The highest BCUT2D eigenvalue weighted by molar-refractivity contribution is 5.66. The fourth-order valence-electron chi connectivity index (χ4n) is 1.94. The van der Waals surface area contributed by atoms with Crippen LogP contribution in [0.5, 0.6) is 0 Å². The van der Waals surface area contributed by atoms with E-state index in [2.05, 4.69) is 55.2 Å². The summed E-state index contributed by atoms with van der Waals surface area (Å²) in [6, 6.07) is 12.7. The third-order valence-electron chi connectivity index (χ3n) is 2.90. The van der Waals surface area contributed by atoms with Crippen LogP contribution in [-0.2, 0) is 6.42 Å². The SMILES string of the molecule is CCc1ccc(C)nc1-c1ccccc1C. The maximum absolute atomic E-state index is 4.68. The van der Waals surface area contributed by atoms with Gasteiger partial charge in [0.1, 0.15) is 0 Å². The molecule has 16 heavy (non-hydrogen) atoms. The summed E-state index contributed by atoms with van der Waals surface area (Å²) < 4.78 is 0. The van der Waals surface area contributed by atoms with Crippen LogP contribution in [0.2, 0.25) is 0 Å². The lowest BCUT2D eigenvalue weighted by molar-refractivity contribution is 1.08. The predicted molar refractivity (Wildman–Crippen MR) is 68.5 cm³/mol. The maximum atomic E-state index is 4.68. The summed E-state index contributed by atoms with van der Waals surface area (Å²) in [6.45, 7) is 6.36. The molecule has 0 N–H and O–H groups in total. The molecule has 0 atom stereocenters. The van der Waals surface area contributed by atoms with E-state index in [-0.39, 0.29) is 0 Å². The Morgan fingerprint density at radius 1 is 1.00 bits per heavy atom. The third-order valence-corrected chi connectivity index (χ3v) is 2.90. The van der Waals surface area contributed by atoms with Gasteiger partial charge in [0.25, 0.3) is 0 Å². The molecule has 0 saturated heterocycles. The molecule has 0 amide bonds. The zero-order valence-corrected chi connectivity index (χ0v) is 10.1. The van der Waals surface area contributed by atoms with Gasteiger partial charge < -0.3 is 0 Å². The molecule has 1 aromatic carbocycles. The normalized spacial score (nSPS) is 10.4. The van der Waals surface area contributed by atoms with E-state index in [0.29, 0.717) is 0 Å². The number of hydrogen-bond acceptors (Lipinski definition) is 1. The van der Waals surface area contributed by atoms with Gasteiger partial charge in [0.2, 0.25) is 0 Å². The van der Waals surface area contributed by atoms with Gasteiger partial charge in [-0.1, -0.05) is 37.3 Å². The fourth-order valence-corrected chi connectivity index (χ4v) is 1.94. The van der Waals surface area contributed by atoms with Gasteiger partial charge in [0.15, 0.2) is 0 Å². The lowest BCUT2D eigenvalue weighted by atomic mass is 9.99. The van der Waals surface area contributed by atoms with Crippen LogP contribution < -0.4 is 0 Å². The molecule has 0 aliphatic carbocycles. The van der Waals surface area contributed by atoms with Crippen molar-refractivity contribution in [2.45, 2.75) is 27.2 Å². The Bertz CT molecular complexity index is 501. The van der Waals surface area contributed by atoms with Gasteiger partial charge >= 0.3 is 0 Å². The van der Waals surface area contributed by atoms with Crippen molar-refractivity contribution in [2.24, 2.45) is 0 Å². The van der Waals surface area contributed by atoms with Crippen LogP contribution >= 0.6 is 0 Å². The first kappa shape index (κ1) is 10.9. The Morgan fingerprint density at radius 2 is 1.75 bits per heavy atom. The van der Waals surface area contributed by atoms with Crippen LogP contribution in [0.1, 0.15) is 23.7 Å². The molecule has 0 aliphatic rings. The van der Waals surface area contributed by atoms with Crippen molar-refractivity contribution in [1.82, 2.24) is 4.98 Å². The first-order chi connectivity index (χ1) is 7.72. The predicted octanol–water partition coefficient (Wildman–Crippen LogP) is 3.93. The minimum Gasteiger partial charge on any atom is -0.253 e. The summed E-state index contributed by atoms with van der Waals surface area (Å²) in [6.07, 6.45) is 1.02. The van der Waals surface area contributed by atoms with Crippen molar-refractivity contribution < 1.29 is 0 Å². The molecule has 0 unspecified atom stereocenters. The van der Waals surface area contributed by atoms with E-state index in [4.69, 9.17) is 0 Å². The van der Waals surface area contributed by atoms with Crippen molar-refractivity contribution >= 4 is 0 Å². The number of nitrogens with zero attached hydrogens (tertiary/aromatic N) is 1. The number of rotatable bonds is 2. The Labute approximate surface area is 97.2 Å². The minimum atomic E-state index is 1.02. The van der Waals surface area contributed by atoms with Gasteiger partial charge in [-0.05, 0) is 37.5 Å². The van der Waals surface area contributed by atoms with E-state index >= 15 is 0 Å². The highest BCUT2D eigenvalue weighted by Crippen LogP contribution is 2.25. The molecule has 1 nitrogen and oxygen atoms in total. The van der Waals surface area contributed by atoms with E-state index in [1.165, 1.54) is 16.7 Å². The summed E-state index contributed by atoms with van der Waals surface area (Å²) >= 11 is 0. The van der Waals surface area contributed by atoms with E-state index in [0.717, 1.165) is 17.8 Å². The molecule has 0 bridgehead atoms. The molecule has 0 spiro atoms. The van der Waals surface area contributed by atoms with Gasteiger partial charge in [-0.2, -0.15) is 0 Å². The topological polar surface area (TPSA) is 12.9 Å². The quantitative estimate of drug-likeness (QED) is 0.733. The van der Waals surface area contributed by atoms with Gasteiger partial charge in [-0.3, -0.25) is 4.98 Å². The van der Waals surface area contributed by atoms with Crippen LogP contribution in [0.25, 0.3) is 11.3 Å². The summed E-state index contributed by atoms with van der Waals surface area (Å²) in [5.74, 6) is 0. The van der Waals surface area contributed by atoms with E-state index in [1.807, 2.05) is 6.92 Å². The van der Waals surface area contributed by atoms with E-state index in [1.54, 1.807) is 0 Å². The van der Waals surface area contributed by atoms with Gasteiger partial charge in [0, 0.05) is 11.3 Å². The molecule has 0 radical (unpaired) electrons. The monoisotopic (exact) mass is 211 g/mol. The summed E-state index contributed by atoms with van der Waals surface area (Å²) in [5.41, 5.74) is 6.08. The molecule has 0 aliphatic heterocycles. The molecular formula is C15H17N. The largest absolute Gasteiger partial charge is 0.253 e. The lowest BCUT2D eigenvalue weighted by Crippen LogP contribution is -1.95. The van der Waals surface area contributed by atoms with Crippen molar-refractivity contribution in [2.75, 3.05) is 0 Å². The molecule has 82 valence electrons. The standard InChI is InChI=1S/C15H17N/c1-4-13-10-9-12(3)16-15(13)14-8-6-5-7-11(14)2/h5-10H,4H2,1-3H3. The highest BCUT2D eigenvalue weighted by atomic mass is 14.7. The highest BCUT2D eigenvalue weighted by Gasteiger charge is 2.07. The molecule has 2 rings (SSSR count). The molecule has 1 heterocycles. The molecular weight excluding hydrogens is 194 g/mol. The molecule has 2 aromatic rings. The molecule has 1 heteroatoms. The zero-order valence-electron chi connectivity index (χ0n) is 10.1. The van der Waals surface area contributed by atoms with Crippen LogP contribution in [0.3, 0.4) is 0 Å². The number of hydrogen-bond donors (Lipinski definition) is 0. The summed E-state index contributed by atoms with van der Waals surface area (Å²) in [4.78, 5) is 4.68.